The lowest BCUT2D eigenvalue weighted by Crippen LogP contribution is -2.12. The minimum atomic E-state index is -2.20. The maximum absolute atomic E-state index is 15.3. The van der Waals surface area contributed by atoms with Crippen LogP contribution in [0.15, 0.2) is 16.7 Å². The Morgan fingerprint density at radius 3 is 1.18 bits per heavy atom. The van der Waals surface area contributed by atoms with E-state index in [0.717, 1.165) is 12.1 Å². The molecule has 12 N–H and O–H groups in total. The first kappa shape index (κ1) is 31.5. The fourth-order valence-corrected chi connectivity index (χ4v) is 4.42. The molecule has 0 bridgehead atoms. The molecule has 0 amide bonds. The average molecular weight is 633 g/mol. The minimum Gasteiger partial charge on any atom is -0.398 e. The maximum Gasteiger partial charge on any atom is 0.184 e. The molecule has 4 rings (SSSR count). The second kappa shape index (κ2) is 10.7. The van der Waals surface area contributed by atoms with Crippen molar-refractivity contribution in [3.05, 3.63) is 96.9 Å². The fraction of sp³-hybridized carbons (Fsp3) is 0. The second-order valence-corrected chi connectivity index (χ2v) is 9.02. The molecule has 0 spiro atoms. The zero-order valence-corrected chi connectivity index (χ0v) is 21.7. The van der Waals surface area contributed by atoms with Crippen LogP contribution in [0.3, 0.4) is 0 Å². The number of nitriles is 3. The van der Waals surface area contributed by atoms with Gasteiger partial charge in [0.25, 0.3) is 0 Å². The Hall–Kier alpha value is -6.48. The summed E-state index contributed by atoms with van der Waals surface area (Å²) in [6, 6.07) is 3.43. The average Bonchev–Trinajstić information content (AvgIpc) is 3.76. The number of nitrogen functional groups attached to an aromatic ring is 4. The molecule has 1 saturated carbocycles. The Morgan fingerprint density at radius 1 is 0.422 bits per heavy atom. The van der Waals surface area contributed by atoms with Gasteiger partial charge in [-0.2, -0.15) is 15.8 Å². The summed E-state index contributed by atoms with van der Waals surface area (Å²) in [4.78, 5) is 0. The summed E-state index contributed by atoms with van der Waals surface area (Å²) < 4.78 is 134. The molecule has 0 saturated heterocycles. The van der Waals surface area contributed by atoms with Crippen LogP contribution < -0.4 is 34.4 Å². The van der Waals surface area contributed by atoms with Gasteiger partial charge >= 0.3 is 0 Å². The highest BCUT2D eigenvalue weighted by molar-refractivity contribution is 6.08. The number of benzene rings is 3. The van der Waals surface area contributed by atoms with E-state index < -0.39 is 137 Å². The number of halogens is 9. The number of nitrogens with two attached hydrogens (primary N) is 6. The van der Waals surface area contributed by atoms with E-state index in [-0.39, 0.29) is 0 Å². The van der Waals surface area contributed by atoms with Gasteiger partial charge in [-0.25, -0.2) is 39.5 Å². The van der Waals surface area contributed by atoms with Gasteiger partial charge in [-0.1, -0.05) is 0 Å². The van der Waals surface area contributed by atoms with Gasteiger partial charge in [-0.05, 0) is 0 Å². The van der Waals surface area contributed by atoms with Crippen molar-refractivity contribution in [1.29, 1.82) is 15.8 Å². The molecule has 45 heavy (non-hydrogen) atoms. The summed E-state index contributed by atoms with van der Waals surface area (Å²) in [7, 11) is 0. The van der Waals surface area contributed by atoms with E-state index in [1.54, 1.807) is 0 Å². The van der Waals surface area contributed by atoms with Crippen LogP contribution in [0.2, 0.25) is 0 Å². The molecule has 0 atom stereocenters. The van der Waals surface area contributed by atoms with Crippen molar-refractivity contribution >= 4 is 39.7 Å². The standard InChI is InChI=1S/C27H12F9N9/c28-13-4(1-37)5(2-38)14(29)16(31)11(13)22(40)9-7(6(3-39)8-15(30)20(35)26(44)24(42)18(8)33)10(9)23(41)12-17(32)21(36)27(45)25(43)19(12)34/h40-45H2. The molecule has 0 aliphatic heterocycles. The van der Waals surface area contributed by atoms with Gasteiger partial charge in [-0.15, -0.1) is 0 Å². The van der Waals surface area contributed by atoms with Crippen LogP contribution in [-0.4, -0.2) is 0 Å². The van der Waals surface area contributed by atoms with Crippen LogP contribution in [0.1, 0.15) is 27.8 Å². The highest BCUT2D eigenvalue weighted by Gasteiger charge is 2.44. The van der Waals surface area contributed by atoms with Gasteiger partial charge in [0.05, 0.1) is 56.4 Å². The van der Waals surface area contributed by atoms with Gasteiger partial charge in [0.1, 0.15) is 29.3 Å². The summed E-state index contributed by atoms with van der Waals surface area (Å²) in [5, 5.41) is 28.2. The lowest BCUT2D eigenvalue weighted by molar-refractivity contribution is 0.487. The summed E-state index contributed by atoms with van der Waals surface area (Å²) in [6.45, 7) is 0. The summed E-state index contributed by atoms with van der Waals surface area (Å²) in [5.74, 6) is -18.1. The molecule has 0 unspecified atom stereocenters. The Morgan fingerprint density at radius 2 is 0.756 bits per heavy atom. The Kier molecular flexibility index (Phi) is 7.45. The van der Waals surface area contributed by atoms with Crippen molar-refractivity contribution in [2.45, 2.75) is 0 Å². The molecular formula is C27H12F9N9. The molecule has 1 fully saturated rings. The van der Waals surface area contributed by atoms with E-state index in [2.05, 4.69) is 0 Å². The number of hydrogen-bond acceptors (Lipinski definition) is 9. The maximum atomic E-state index is 15.3. The van der Waals surface area contributed by atoms with Gasteiger partial charge in [0, 0.05) is 16.7 Å². The first-order chi connectivity index (χ1) is 21.0. The molecule has 0 radical (unpaired) electrons. The second-order valence-electron chi connectivity index (χ2n) is 9.02. The Bertz CT molecular complexity index is 2090. The van der Waals surface area contributed by atoms with E-state index in [1.807, 2.05) is 0 Å². The number of rotatable bonds is 3. The predicted octanol–water partition coefficient (Wildman–Crippen LogP) is 4.04. The molecular weight excluding hydrogens is 621 g/mol. The minimum absolute atomic E-state index is 0.956. The first-order valence-corrected chi connectivity index (χ1v) is 11.6. The number of allylic oxidation sites excluding steroid dienone is 4. The largest absolute Gasteiger partial charge is 0.398 e. The number of hydrogen-bond donors (Lipinski definition) is 6. The van der Waals surface area contributed by atoms with E-state index in [9.17, 15) is 28.1 Å². The third kappa shape index (κ3) is 4.25. The van der Waals surface area contributed by atoms with Crippen LogP contribution in [0, 0.1) is 86.3 Å². The van der Waals surface area contributed by atoms with Gasteiger partial charge in [0.15, 0.2) is 52.4 Å². The topological polar surface area (TPSA) is 227 Å². The number of anilines is 4. The normalized spacial score (nSPS) is 15.6. The smallest absolute Gasteiger partial charge is 0.184 e. The Labute approximate surface area is 244 Å². The van der Waals surface area contributed by atoms with Crippen LogP contribution >= 0.6 is 0 Å². The monoisotopic (exact) mass is 633 g/mol. The summed E-state index contributed by atoms with van der Waals surface area (Å²) in [5.41, 5.74) is 13.8. The van der Waals surface area contributed by atoms with Crippen molar-refractivity contribution in [2.75, 3.05) is 22.9 Å². The Balaban J connectivity index is 2.29. The predicted molar refractivity (Wildman–Crippen MR) is 141 cm³/mol. The highest BCUT2D eigenvalue weighted by Crippen LogP contribution is 2.56. The highest BCUT2D eigenvalue weighted by atomic mass is 19.2. The molecule has 228 valence electrons. The molecule has 0 heterocycles. The molecule has 3 aromatic rings. The SMILES string of the molecule is N#CC(=C1C(=C(N)c2c(F)c(N)c(N)c(F)c2F)C1=C(N)c1c(F)c(F)c(C#N)c(C#N)c1F)c1c(F)c(N)c(N)c(F)c1F. The zero-order valence-electron chi connectivity index (χ0n) is 21.7. The van der Waals surface area contributed by atoms with Crippen molar-refractivity contribution in [3.63, 3.8) is 0 Å². The van der Waals surface area contributed by atoms with Crippen LogP contribution in [0.25, 0.3) is 17.0 Å². The first-order valence-electron chi connectivity index (χ1n) is 11.6. The lowest BCUT2D eigenvalue weighted by Gasteiger charge is -2.11. The molecule has 0 aromatic heterocycles. The van der Waals surface area contributed by atoms with E-state index in [1.165, 1.54) is 6.07 Å². The molecule has 1 aliphatic rings. The lowest BCUT2D eigenvalue weighted by atomic mass is 9.99. The van der Waals surface area contributed by atoms with Gasteiger partial charge < -0.3 is 34.4 Å². The van der Waals surface area contributed by atoms with E-state index >= 15 is 22.0 Å². The molecule has 18 heteroatoms. The van der Waals surface area contributed by atoms with Crippen LogP contribution in [0.4, 0.5) is 62.3 Å². The van der Waals surface area contributed by atoms with Gasteiger partial charge in [-0.3, -0.25) is 0 Å². The zero-order chi connectivity index (χ0) is 34.0. The molecule has 1 aliphatic carbocycles. The third-order valence-corrected chi connectivity index (χ3v) is 6.71. The molecule has 3 aromatic carbocycles. The van der Waals surface area contributed by atoms with E-state index in [0.29, 0.717) is 0 Å². The summed E-state index contributed by atoms with van der Waals surface area (Å²) in [6.07, 6.45) is 0. The van der Waals surface area contributed by atoms with E-state index in [4.69, 9.17) is 39.7 Å². The quantitative estimate of drug-likeness (QED) is 0.106. The fourth-order valence-electron chi connectivity index (χ4n) is 4.42. The number of nitrogens with zero attached hydrogens (tertiary/aromatic N) is 3. The van der Waals surface area contributed by atoms with Crippen LogP contribution in [0.5, 0.6) is 0 Å². The van der Waals surface area contributed by atoms with Crippen molar-refractivity contribution in [2.24, 2.45) is 11.5 Å². The van der Waals surface area contributed by atoms with Crippen molar-refractivity contribution in [1.82, 2.24) is 0 Å². The summed E-state index contributed by atoms with van der Waals surface area (Å²) >= 11 is 0. The van der Waals surface area contributed by atoms with Crippen molar-refractivity contribution < 1.29 is 39.5 Å². The third-order valence-electron chi connectivity index (χ3n) is 6.71. The molecule has 9 nitrogen and oxygen atoms in total. The van der Waals surface area contributed by atoms with Crippen LogP contribution in [-0.2, 0) is 0 Å². The van der Waals surface area contributed by atoms with Crippen molar-refractivity contribution in [3.8, 4) is 18.2 Å². The van der Waals surface area contributed by atoms with Gasteiger partial charge in [0.2, 0.25) is 0 Å².